The minimum absolute atomic E-state index is 0.836. The topological polar surface area (TPSA) is 18.5 Å². The van der Waals surface area contributed by atoms with E-state index in [1.807, 2.05) is 0 Å². The van der Waals surface area contributed by atoms with Crippen LogP contribution in [0.15, 0.2) is 0 Å². The molecule has 0 aromatic carbocycles. The molecule has 1 rings (SSSR count). The van der Waals surface area contributed by atoms with Gasteiger partial charge in [0.15, 0.2) is 0 Å². The van der Waals surface area contributed by atoms with E-state index in [1.165, 1.54) is 64.7 Å². The van der Waals surface area contributed by atoms with E-state index in [4.69, 9.17) is 0 Å². The zero-order valence-electron chi connectivity index (χ0n) is 12.7. The lowest BCUT2D eigenvalue weighted by Gasteiger charge is -2.35. The van der Waals surface area contributed by atoms with Crippen molar-refractivity contribution in [2.24, 2.45) is 0 Å². The van der Waals surface area contributed by atoms with Gasteiger partial charge in [-0.3, -0.25) is 0 Å². The Hall–Kier alpha value is -0.120. The van der Waals surface area contributed by atoms with Crippen LogP contribution in [0.2, 0.25) is 0 Å². The van der Waals surface area contributed by atoms with Gasteiger partial charge in [0, 0.05) is 6.04 Å². The van der Waals surface area contributed by atoms with E-state index in [-0.39, 0.29) is 0 Å². The molecule has 0 aliphatic carbocycles. The molecule has 18 heavy (non-hydrogen) atoms. The van der Waals surface area contributed by atoms with Crippen molar-refractivity contribution in [3.8, 4) is 0 Å². The van der Waals surface area contributed by atoms with Gasteiger partial charge in [-0.1, -0.05) is 19.8 Å². The Balaban J connectivity index is 1.95. The summed E-state index contributed by atoms with van der Waals surface area (Å²) in [5.74, 6) is 0. The second kappa shape index (κ2) is 9.76. The quantitative estimate of drug-likeness (QED) is 0.637. The number of nitrogens with zero attached hydrogens (tertiary/aromatic N) is 2. The van der Waals surface area contributed by atoms with E-state index in [0.29, 0.717) is 0 Å². The molecule has 1 N–H and O–H groups in total. The van der Waals surface area contributed by atoms with Gasteiger partial charge < -0.3 is 15.1 Å². The maximum Gasteiger partial charge on any atom is 0.0117 e. The second-order valence-electron chi connectivity index (χ2n) is 5.78. The van der Waals surface area contributed by atoms with E-state index in [1.54, 1.807) is 0 Å². The summed E-state index contributed by atoms with van der Waals surface area (Å²) in [6.45, 7) is 8.32. The molecule has 0 unspecified atom stereocenters. The fourth-order valence-corrected chi connectivity index (χ4v) is 2.76. The predicted molar refractivity (Wildman–Crippen MR) is 80.2 cm³/mol. The molecular formula is C15H33N3. The third-order valence-corrected chi connectivity index (χ3v) is 4.18. The molecule has 1 heterocycles. The van der Waals surface area contributed by atoms with Gasteiger partial charge in [-0.15, -0.1) is 0 Å². The Morgan fingerprint density at radius 1 is 1.11 bits per heavy atom. The first-order chi connectivity index (χ1) is 8.74. The Morgan fingerprint density at radius 2 is 1.78 bits per heavy atom. The van der Waals surface area contributed by atoms with Gasteiger partial charge in [0.2, 0.25) is 0 Å². The Kier molecular flexibility index (Phi) is 8.64. The smallest absolute Gasteiger partial charge is 0.0117 e. The van der Waals surface area contributed by atoms with Crippen molar-refractivity contribution >= 4 is 0 Å². The van der Waals surface area contributed by atoms with Crippen LogP contribution < -0.4 is 5.32 Å². The Bertz CT molecular complexity index is 188. The third-order valence-electron chi connectivity index (χ3n) is 4.18. The number of rotatable bonds is 9. The van der Waals surface area contributed by atoms with E-state index in [2.05, 4.69) is 36.1 Å². The molecule has 0 spiro atoms. The van der Waals surface area contributed by atoms with Gasteiger partial charge >= 0.3 is 0 Å². The van der Waals surface area contributed by atoms with Crippen molar-refractivity contribution in [3.05, 3.63) is 0 Å². The van der Waals surface area contributed by atoms with Crippen molar-refractivity contribution in [1.82, 2.24) is 15.1 Å². The number of likely N-dealkylation sites (tertiary alicyclic amines) is 1. The lowest BCUT2D eigenvalue weighted by atomic mass is 10.0. The number of piperidine rings is 1. The van der Waals surface area contributed by atoms with Crippen LogP contribution in [0, 0.1) is 0 Å². The van der Waals surface area contributed by atoms with Gasteiger partial charge in [0.25, 0.3) is 0 Å². The third kappa shape index (κ3) is 6.72. The van der Waals surface area contributed by atoms with Crippen LogP contribution in [0.3, 0.4) is 0 Å². The van der Waals surface area contributed by atoms with E-state index in [9.17, 15) is 0 Å². The van der Waals surface area contributed by atoms with Crippen LogP contribution in [0.1, 0.15) is 45.4 Å². The van der Waals surface area contributed by atoms with Crippen molar-refractivity contribution in [1.29, 1.82) is 0 Å². The SMILES string of the molecule is CCNCCCCCCN(C)C1CCN(C)CC1. The molecule has 0 amide bonds. The standard InChI is InChI=1S/C15H33N3/c1-4-16-11-7-5-6-8-12-18(3)15-9-13-17(2)14-10-15/h15-16H,4-14H2,1-3H3. The molecule has 1 aliphatic heterocycles. The van der Waals surface area contributed by atoms with Crippen LogP contribution in [0.5, 0.6) is 0 Å². The molecule has 3 nitrogen and oxygen atoms in total. The van der Waals surface area contributed by atoms with E-state index < -0.39 is 0 Å². The first-order valence-electron chi connectivity index (χ1n) is 7.83. The summed E-state index contributed by atoms with van der Waals surface area (Å²) < 4.78 is 0. The van der Waals surface area contributed by atoms with Gasteiger partial charge in [-0.05, 0) is 72.5 Å². The van der Waals surface area contributed by atoms with Crippen molar-refractivity contribution < 1.29 is 0 Å². The summed E-state index contributed by atoms with van der Waals surface area (Å²) in [5.41, 5.74) is 0. The fourth-order valence-electron chi connectivity index (χ4n) is 2.76. The summed E-state index contributed by atoms with van der Waals surface area (Å²) in [7, 11) is 4.55. The first kappa shape index (κ1) is 15.9. The minimum atomic E-state index is 0.836. The molecule has 108 valence electrons. The lowest BCUT2D eigenvalue weighted by molar-refractivity contribution is 0.142. The zero-order valence-corrected chi connectivity index (χ0v) is 12.7. The molecule has 1 fully saturated rings. The maximum atomic E-state index is 3.39. The monoisotopic (exact) mass is 255 g/mol. The number of hydrogen-bond donors (Lipinski definition) is 1. The number of nitrogens with one attached hydrogen (secondary N) is 1. The van der Waals surface area contributed by atoms with Crippen LogP contribution >= 0.6 is 0 Å². The van der Waals surface area contributed by atoms with Crippen molar-refractivity contribution in [3.63, 3.8) is 0 Å². The zero-order chi connectivity index (χ0) is 13.2. The van der Waals surface area contributed by atoms with Crippen molar-refractivity contribution in [2.45, 2.75) is 51.5 Å². The Labute approximate surface area is 114 Å². The summed E-state index contributed by atoms with van der Waals surface area (Å²) in [6.07, 6.45) is 8.19. The molecule has 0 aromatic rings. The van der Waals surface area contributed by atoms with Crippen LogP contribution in [0.25, 0.3) is 0 Å². The fraction of sp³-hybridized carbons (Fsp3) is 1.00. The number of hydrogen-bond acceptors (Lipinski definition) is 3. The normalized spacial score (nSPS) is 18.7. The molecule has 3 heteroatoms. The molecule has 0 aromatic heterocycles. The molecular weight excluding hydrogens is 222 g/mol. The summed E-state index contributed by atoms with van der Waals surface area (Å²) in [6, 6.07) is 0.836. The van der Waals surface area contributed by atoms with Crippen LogP contribution in [-0.2, 0) is 0 Å². The highest BCUT2D eigenvalue weighted by Crippen LogP contribution is 2.14. The highest BCUT2D eigenvalue weighted by atomic mass is 15.2. The van der Waals surface area contributed by atoms with E-state index >= 15 is 0 Å². The maximum absolute atomic E-state index is 3.39. The molecule has 0 bridgehead atoms. The average molecular weight is 255 g/mol. The molecule has 0 radical (unpaired) electrons. The molecule has 1 aliphatic rings. The van der Waals surface area contributed by atoms with Gasteiger partial charge in [-0.25, -0.2) is 0 Å². The summed E-state index contributed by atoms with van der Waals surface area (Å²) in [4.78, 5) is 5.04. The number of unbranched alkanes of at least 4 members (excludes halogenated alkanes) is 3. The van der Waals surface area contributed by atoms with E-state index in [0.717, 1.165) is 12.6 Å². The first-order valence-corrected chi connectivity index (χ1v) is 7.83. The van der Waals surface area contributed by atoms with Crippen LogP contribution in [0.4, 0.5) is 0 Å². The van der Waals surface area contributed by atoms with Gasteiger partial charge in [0.1, 0.15) is 0 Å². The summed E-state index contributed by atoms with van der Waals surface area (Å²) in [5, 5.41) is 3.39. The van der Waals surface area contributed by atoms with Crippen LogP contribution in [-0.4, -0.2) is 62.7 Å². The largest absolute Gasteiger partial charge is 0.317 e. The average Bonchev–Trinajstić information content (AvgIpc) is 2.38. The minimum Gasteiger partial charge on any atom is -0.317 e. The highest BCUT2D eigenvalue weighted by Gasteiger charge is 2.19. The van der Waals surface area contributed by atoms with Gasteiger partial charge in [0.05, 0.1) is 0 Å². The predicted octanol–water partition coefficient (Wildman–Crippen LogP) is 2.18. The molecule has 0 atom stereocenters. The van der Waals surface area contributed by atoms with Gasteiger partial charge in [-0.2, -0.15) is 0 Å². The second-order valence-corrected chi connectivity index (χ2v) is 5.78. The Morgan fingerprint density at radius 3 is 2.44 bits per heavy atom. The molecule has 0 saturated carbocycles. The van der Waals surface area contributed by atoms with Crippen molar-refractivity contribution in [2.75, 3.05) is 46.8 Å². The highest BCUT2D eigenvalue weighted by molar-refractivity contribution is 4.76. The lowest BCUT2D eigenvalue weighted by Crippen LogP contribution is -2.42. The summed E-state index contributed by atoms with van der Waals surface area (Å²) >= 11 is 0. The molecule has 1 saturated heterocycles.